The molecule has 7 nitrogen and oxygen atoms in total. The topological polar surface area (TPSA) is 81.0 Å². The van der Waals surface area contributed by atoms with E-state index in [0.29, 0.717) is 23.3 Å². The van der Waals surface area contributed by atoms with Gasteiger partial charge in [0.2, 0.25) is 5.91 Å². The maximum Gasteiger partial charge on any atom is 0.262 e. The van der Waals surface area contributed by atoms with Crippen LogP contribution < -0.4 is 5.56 Å². The molecule has 0 unspecified atom stereocenters. The van der Waals surface area contributed by atoms with E-state index in [-0.39, 0.29) is 18.0 Å². The number of carbonyl (C=O) groups is 1. The van der Waals surface area contributed by atoms with Crippen molar-refractivity contribution in [3.63, 3.8) is 0 Å². The Labute approximate surface area is 128 Å². The first-order chi connectivity index (χ1) is 10.7. The van der Waals surface area contributed by atoms with Gasteiger partial charge in [-0.3, -0.25) is 14.2 Å². The Morgan fingerprint density at radius 2 is 2.23 bits per heavy atom. The molecule has 0 bridgehead atoms. The van der Waals surface area contributed by atoms with Gasteiger partial charge in [-0.15, -0.1) is 11.3 Å². The molecule has 0 aromatic carbocycles. The van der Waals surface area contributed by atoms with Crippen molar-refractivity contribution in [2.75, 3.05) is 0 Å². The van der Waals surface area contributed by atoms with Crippen molar-refractivity contribution in [3.8, 4) is 0 Å². The molecule has 0 spiro atoms. The number of nitrogens with zero attached hydrogens (tertiary/aromatic N) is 5. The van der Waals surface area contributed by atoms with E-state index in [1.165, 1.54) is 28.6 Å². The number of amides is 1. The lowest BCUT2D eigenvalue weighted by atomic mass is 10.3. The van der Waals surface area contributed by atoms with Crippen LogP contribution in [0.1, 0.15) is 11.3 Å². The normalized spacial score (nSPS) is 13.5. The highest BCUT2D eigenvalue weighted by atomic mass is 32.1. The minimum Gasteiger partial charge on any atom is -0.331 e. The fraction of sp³-hybridized carbons (Fsp3) is 0.214. The molecule has 22 heavy (non-hydrogen) atoms. The first-order valence-corrected chi connectivity index (χ1v) is 7.58. The van der Waals surface area contributed by atoms with Gasteiger partial charge in [-0.1, -0.05) is 0 Å². The van der Waals surface area contributed by atoms with E-state index in [9.17, 15) is 9.59 Å². The number of aromatic nitrogens is 4. The highest BCUT2D eigenvalue weighted by Crippen LogP contribution is 2.19. The van der Waals surface area contributed by atoms with Gasteiger partial charge in [0, 0.05) is 18.3 Å². The second-order valence-corrected chi connectivity index (χ2v) is 5.96. The van der Waals surface area contributed by atoms with Crippen molar-refractivity contribution in [1.29, 1.82) is 0 Å². The SMILES string of the molecule is O=C(Cn1cnc2sccc2c1=O)N1Cc2cncnc2C1. The number of carbonyl (C=O) groups excluding carboxylic acids is 1. The van der Waals surface area contributed by atoms with Gasteiger partial charge >= 0.3 is 0 Å². The predicted molar refractivity (Wildman–Crippen MR) is 80.2 cm³/mol. The summed E-state index contributed by atoms with van der Waals surface area (Å²) in [5.41, 5.74) is 1.63. The van der Waals surface area contributed by atoms with Crippen LogP contribution in [0.5, 0.6) is 0 Å². The molecule has 1 aliphatic rings. The van der Waals surface area contributed by atoms with Gasteiger partial charge in [-0.25, -0.2) is 15.0 Å². The molecule has 110 valence electrons. The minimum absolute atomic E-state index is 0.0148. The van der Waals surface area contributed by atoms with E-state index in [0.717, 1.165) is 11.3 Å². The molecule has 0 saturated heterocycles. The molecule has 1 amide bonds. The van der Waals surface area contributed by atoms with E-state index in [1.54, 1.807) is 17.2 Å². The van der Waals surface area contributed by atoms with E-state index in [2.05, 4.69) is 15.0 Å². The largest absolute Gasteiger partial charge is 0.331 e. The van der Waals surface area contributed by atoms with Crippen LogP contribution in [0.3, 0.4) is 0 Å². The molecule has 0 saturated carbocycles. The predicted octanol–water partition coefficient (Wildman–Crippen LogP) is 0.790. The monoisotopic (exact) mass is 313 g/mol. The van der Waals surface area contributed by atoms with Crippen molar-refractivity contribution in [2.24, 2.45) is 0 Å². The van der Waals surface area contributed by atoms with Gasteiger partial charge in [0.25, 0.3) is 5.56 Å². The van der Waals surface area contributed by atoms with Gasteiger partial charge in [-0.05, 0) is 11.4 Å². The van der Waals surface area contributed by atoms with E-state index >= 15 is 0 Å². The van der Waals surface area contributed by atoms with Gasteiger partial charge in [0.05, 0.1) is 24.0 Å². The Hall–Kier alpha value is -2.61. The average Bonchev–Trinajstić information content (AvgIpc) is 3.16. The molecule has 8 heteroatoms. The summed E-state index contributed by atoms with van der Waals surface area (Å²) in [4.78, 5) is 39.4. The maximum absolute atomic E-state index is 12.4. The maximum atomic E-state index is 12.4. The zero-order valence-electron chi connectivity index (χ0n) is 11.5. The van der Waals surface area contributed by atoms with Crippen molar-refractivity contribution in [1.82, 2.24) is 24.4 Å². The smallest absolute Gasteiger partial charge is 0.262 e. The van der Waals surface area contributed by atoms with Gasteiger partial charge in [0.1, 0.15) is 17.7 Å². The number of hydrogen-bond acceptors (Lipinski definition) is 6. The molecule has 0 aliphatic carbocycles. The first kappa shape index (κ1) is 13.1. The molecular formula is C14H11N5O2S. The lowest BCUT2D eigenvalue weighted by Gasteiger charge is -2.15. The molecule has 0 fully saturated rings. The summed E-state index contributed by atoms with van der Waals surface area (Å²) in [7, 11) is 0. The Balaban J connectivity index is 1.57. The highest BCUT2D eigenvalue weighted by Gasteiger charge is 2.24. The van der Waals surface area contributed by atoms with Crippen molar-refractivity contribution in [2.45, 2.75) is 19.6 Å². The molecule has 0 radical (unpaired) electrons. The van der Waals surface area contributed by atoms with E-state index in [4.69, 9.17) is 0 Å². The van der Waals surface area contributed by atoms with Crippen LogP contribution in [0.25, 0.3) is 10.2 Å². The quantitative estimate of drug-likeness (QED) is 0.699. The number of thiophene rings is 1. The van der Waals surface area contributed by atoms with Crippen LogP contribution in [-0.2, 0) is 24.4 Å². The molecule has 1 aliphatic heterocycles. The van der Waals surface area contributed by atoms with Crippen LogP contribution in [-0.4, -0.2) is 30.3 Å². The second-order valence-electron chi connectivity index (χ2n) is 5.06. The van der Waals surface area contributed by atoms with E-state index < -0.39 is 0 Å². The lowest BCUT2D eigenvalue weighted by molar-refractivity contribution is -0.132. The Bertz CT molecular complexity index is 907. The summed E-state index contributed by atoms with van der Waals surface area (Å²) in [6, 6.07) is 1.73. The summed E-state index contributed by atoms with van der Waals surface area (Å²) in [6.45, 7) is 0.927. The third-order valence-electron chi connectivity index (χ3n) is 3.69. The van der Waals surface area contributed by atoms with Crippen LogP contribution in [0.15, 0.2) is 35.1 Å². The summed E-state index contributed by atoms with van der Waals surface area (Å²) in [5, 5.41) is 2.37. The van der Waals surface area contributed by atoms with Gasteiger partial charge < -0.3 is 4.90 Å². The Kier molecular flexibility index (Phi) is 2.97. The first-order valence-electron chi connectivity index (χ1n) is 6.70. The summed E-state index contributed by atoms with van der Waals surface area (Å²) in [6.07, 6.45) is 4.63. The van der Waals surface area contributed by atoms with Gasteiger partial charge in [-0.2, -0.15) is 0 Å². The molecule has 0 atom stereocenters. The zero-order chi connectivity index (χ0) is 15.1. The fourth-order valence-electron chi connectivity index (χ4n) is 2.53. The molecule has 3 aromatic heterocycles. The average molecular weight is 313 g/mol. The van der Waals surface area contributed by atoms with Crippen LogP contribution in [0.4, 0.5) is 0 Å². The van der Waals surface area contributed by atoms with Gasteiger partial charge in [0.15, 0.2) is 0 Å². The molecule has 4 rings (SSSR count). The van der Waals surface area contributed by atoms with Crippen molar-refractivity contribution < 1.29 is 4.79 Å². The fourth-order valence-corrected chi connectivity index (χ4v) is 3.25. The molecule has 4 heterocycles. The van der Waals surface area contributed by atoms with Crippen molar-refractivity contribution in [3.05, 3.63) is 51.9 Å². The van der Waals surface area contributed by atoms with Crippen LogP contribution in [0.2, 0.25) is 0 Å². The van der Waals surface area contributed by atoms with Crippen LogP contribution in [0, 0.1) is 0 Å². The zero-order valence-corrected chi connectivity index (χ0v) is 12.3. The highest BCUT2D eigenvalue weighted by molar-refractivity contribution is 7.16. The summed E-state index contributed by atoms with van der Waals surface area (Å²) in [5.74, 6) is -0.128. The van der Waals surface area contributed by atoms with E-state index in [1.807, 2.05) is 5.38 Å². The molecule has 0 N–H and O–H groups in total. The number of hydrogen-bond donors (Lipinski definition) is 0. The Morgan fingerprint density at radius 1 is 1.32 bits per heavy atom. The number of fused-ring (bicyclic) bond motifs is 2. The number of rotatable bonds is 2. The van der Waals surface area contributed by atoms with Crippen molar-refractivity contribution >= 4 is 27.5 Å². The summed E-state index contributed by atoms with van der Waals surface area (Å²) < 4.78 is 1.35. The van der Waals surface area contributed by atoms with Crippen LogP contribution >= 0.6 is 11.3 Å². The standard InChI is InChI=1S/C14H11N5O2S/c20-12(18-4-9-3-15-7-16-11(9)5-18)6-19-8-17-13-10(14(19)21)1-2-22-13/h1-3,7-8H,4-6H2. The molecular weight excluding hydrogens is 302 g/mol. The molecule has 3 aromatic rings. The lowest BCUT2D eigenvalue weighted by Crippen LogP contribution is -2.33. The minimum atomic E-state index is -0.184. The third kappa shape index (κ3) is 2.08. The summed E-state index contributed by atoms with van der Waals surface area (Å²) >= 11 is 1.41. The third-order valence-corrected chi connectivity index (χ3v) is 4.51. The Morgan fingerprint density at radius 3 is 3.09 bits per heavy atom. The second kappa shape index (κ2) is 4.99.